The molecule has 31 heavy (non-hydrogen) atoms. The van der Waals surface area contributed by atoms with E-state index in [1.165, 1.54) is 11.1 Å². The van der Waals surface area contributed by atoms with Crippen LogP contribution >= 0.6 is 0 Å². The van der Waals surface area contributed by atoms with E-state index in [0.29, 0.717) is 40.6 Å². The molecule has 0 radical (unpaired) electrons. The molecule has 1 N–H and O–H groups in total. The number of rotatable bonds is 7. The topological polar surface area (TPSA) is 64.4 Å². The lowest BCUT2D eigenvalue weighted by atomic mass is 10.1. The quantitative estimate of drug-likeness (QED) is 0.349. The molecule has 1 amide bonds. The lowest BCUT2D eigenvalue weighted by Crippen LogP contribution is -2.12. The van der Waals surface area contributed by atoms with E-state index < -0.39 is 0 Å². The third-order valence-electron chi connectivity index (χ3n) is 5.26. The number of fused-ring (bicyclic) bond motifs is 1. The Morgan fingerprint density at radius 1 is 1.03 bits per heavy atom. The summed E-state index contributed by atoms with van der Waals surface area (Å²) in [4.78, 5) is 17.3. The number of unbranched alkanes of at least 4 members (excludes halogenated alkanes) is 1. The zero-order valence-corrected chi connectivity index (χ0v) is 18.1. The lowest BCUT2D eigenvalue weighted by molar-refractivity contribution is 0.102. The molecule has 0 unspecified atom stereocenters. The molecule has 0 spiro atoms. The summed E-state index contributed by atoms with van der Waals surface area (Å²) < 4.78 is 11.6. The van der Waals surface area contributed by atoms with Crippen molar-refractivity contribution in [3.8, 4) is 17.2 Å². The zero-order chi connectivity index (χ0) is 21.8. The van der Waals surface area contributed by atoms with Crippen molar-refractivity contribution in [2.75, 3.05) is 11.9 Å². The largest absolute Gasteiger partial charge is 0.494 e. The van der Waals surface area contributed by atoms with Gasteiger partial charge in [-0.1, -0.05) is 25.5 Å². The van der Waals surface area contributed by atoms with E-state index in [1.807, 2.05) is 36.4 Å². The minimum Gasteiger partial charge on any atom is -0.494 e. The molecule has 1 aromatic heterocycles. The number of hydrogen-bond donors (Lipinski definition) is 1. The fourth-order valence-corrected chi connectivity index (χ4v) is 3.27. The Balaban J connectivity index is 1.52. The molecule has 5 nitrogen and oxygen atoms in total. The van der Waals surface area contributed by atoms with Crippen LogP contribution in [0.4, 0.5) is 5.69 Å². The zero-order valence-electron chi connectivity index (χ0n) is 18.1. The second-order valence-corrected chi connectivity index (χ2v) is 7.68. The average Bonchev–Trinajstić information content (AvgIpc) is 3.19. The molecule has 4 aromatic rings. The van der Waals surface area contributed by atoms with Gasteiger partial charge in [0.2, 0.25) is 5.89 Å². The number of carbonyl (C=O) groups excluding carboxylic acids is 1. The highest BCUT2D eigenvalue weighted by molar-refractivity contribution is 6.05. The second-order valence-electron chi connectivity index (χ2n) is 7.68. The van der Waals surface area contributed by atoms with Crippen molar-refractivity contribution in [1.82, 2.24) is 4.98 Å². The first-order chi connectivity index (χ1) is 15.0. The van der Waals surface area contributed by atoms with Crippen LogP contribution in [0.3, 0.4) is 0 Å². The number of ether oxygens (including phenoxy) is 1. The van der Waals surface area contributed by atoms with Crippen LogP contribution in [0, 0.1) is 13.8 Å². The minimum atomic E-state index is -0.196. The lowest BCUT2D eigenvalue weighted by Gasteiger charge is -2.08. The summed E-state index contributed by atoms with van der Waals surface area (Å²) >= 11 is 0. The standard InChI is InChI=1S/C26H26N2O3/c1-4-5-13-30-22-8-6-7-19(15-22)25(29)27-21-11-12-24-23(16-21)28-26(31-24)20-10-9-17(2)18(3)14-20/h6-12,14-16H,4-5,13H2,1-3H3,(H,27,29). The Morgan fingerprint density at radius 2 is 1.90 bits per heavy atom. The minimum absolute atomic E-state index is 0.196. The van der Waals surface area contributed by atoms with Gasteiger partial charge in [0, 0.05) is 16.8 Å². The number of aromatic nitrogens is 1. The van der Waals surface area contributed by atoms with Crippen LogP contribution in [0.1, 0.15) is 41.3 Å². The molecule has 5 heteroatoms. The molecular weight excluding hydrogens is 388 g/mol. The van der Waals surface area contributed by atoms with Crippen LogP contribution in [-0.4, -0.2) is 17.5 Å². The highest BCUT2D eigenvalue weighted by atomic mass is 16.5. The van der Waals surface area contributed by atoms with Gasteiger partial charge in [0.1, 0.15) is 11.3 Å². The van der Waals surface area contributed by atoms with Crippen molar-refractivity contribution in [3.05, 3.63) is 77.4 Å². The van der Waals surface area contributed by atoms with Crippen molar-refractivity contribution in [2.45, 2.75) is 33.6 Å². The number of nitrogens with zero attached hydrogens (tertiary/aromatic N) is 1. The Bertz CT molecular complexity index is 1230. The molecule has 0 bridgehead atoms. The summed E-state index contributed by atoms with van der Waals surface area (Å²) in [5.41, 5.74) is 5.93. The van der Waals surface area contributed by atoms with Crippen LogP contribution in [0.25, 0.3) is 22.6 Å². The second kappa shape index (κ2) is 9.04. The SMILES string of the molecule is CCCCOc1cccc(C(=O)Nc2ccc3oc(-c4ccc(C)c(C)c4)nc3c2)c1. The van der Waals surface area contributed by atoms with Gasteiger partial charge in [0.05, 0.1) is 6.61 Å². The summed E-state index contributed by atoms with van der Waals surface area (Å²) in [5.74, 6) is 1.07. The Kier molecular flexibility index (Phi) is 6.03. The predicted molar refractivity (Wildman–Crippen MR) is 124 cm³/mol. The summed E-state index contributed by atoms with van der Waals surface area (Å²) in [6.45, 7) is 6.91. The molecule has 4 rings (SSSR count). The molecule has 0 aliphatic heterocycles. The molecule has 0 atom stereocenters. The Labute approximate surface area is 182 Å². The van der Waals surface area contributed by atoms with E-state index in [-0.39, 0.29) is 5.91 Å². The van der Waals surface area contributed by atoms with Crippen molar-refractivity contribution in [3.63, 3.8) is 0 Å². The van der Waals surface area contributed by atoms with Gasteiger partial charge in [-0.2, -0.15) is 0 Å². The number of nitrogens with one attached hydrogen (secondary N) is 1. The number of anilines is 1. The number of oxazole rings is 1. The maximum Gasteiger partial charge on any atom is 0.255 e. The van der Waals surface area contributed by atoms with Crippen LogP contribution in [0.5, 0.6) is 5.75 Å². The van der Waals surface area contributed by atoms with E-state index in [2.05, 4.69) is 43.2 Å². The fraction of sp³-hybridized carbons (Fsp3) is 0.231. The van der Waals surface area contributed by atoms with E-state index in [1.54, 1.807) is 12.1 Å². The van der Waals surface area contributed by atoms with E-state index in [9.17, 15) is 4.79 Å². The number of carbonyl (C=O) groups is 1. The summed E-state index contributed by atoms with van der Waals surface area (Å²) in [7, 11) is 0. The predicted octanol–water partition coefficient (Wildman–Crippen LogP) is 6.54. The number of aryl methyl sites for hydroxylation is 2. The van der Waals surface area contributed by atoms with Crippen LogP contribution in [0.15, 0.2) is 65.1 Å². The van der Waals surface area contributed by atoms with Crippen molar-refractivity contribution in [1.29, 1.82) is 0 Å². The van der Waals surface area contributed by atoms with Gasteiger partial charge in [0.15, 0.2) is 5.58 Å². The van der Waals surface area contributed by atoms with Crippen molar-refractivity contribution in [2.24, 2.45) is 0 Å². The Morgan fingerprint density at radius 3 is 2.71 bits per heavy atom. The Hall–Kier alpha value is -3.60. The van der Waals surface area contributed by atoms with E-state index in [0.717, 1.165) is 18.4 Å². The molecule has 158 valence electrons. The number of amides is 1. The van der Waals surface area contributed by atoms with Gasteiger partial charge < -0.3 is 14.5 Å². The van der Waals surface area contributed by atoms with Gasteiger partial charge >= 0.3 is 0 Å². The molecule has 1 heterocycles. The van der Waals surface area contributed by atoms with Gasteiger partial charge in [-0.25, -0.2) is 4.98 Å². The summed E-state index contributed by atoms with van der Waals surface area (Å²) in [6, 6.07) is 18.8. The molecule has 0 aliphatic carbocycles. The van der Waals surface area contributed by atoms with Gasteiger partial charge in [-0.05, 0) is 79.9 Å². The molecule has 3 aromatic carbocycles. The van der Waals surface area contributed by atoms with Crippen LogP contribution in [0.2, 0.25) is 0 Å². The molecule has 0 saturated heterocycles. The van der Waals surface area contributed by atoms with Crippen LogP contribution in [-0.2, 0) is 0 Å². The summed E-state index contributed by atoms with van der Waals surface area (Å²) in [6.07, 6.45) is 2.05. The van der Waals surface area contributed by atoms with Crippen molar-refractivity contribution >= 4 is 22.7 Å². The first kappa shape index (κ1) is 20.7. The maximum atomic E-state index is 12.7. The maximum absolute atomic E-state index is 12.7. The number of benzene rings is 3. The van der Waals surface area contributed by atoms with E-state index >= 15 is 0 Å². The van der Waals surface area contributed by atoms with Gasteiger partial charge in [-0.3, -0.25) is 4.79 Å². The van der Waals surface area contributed by atoms with Crippen LogP contribution < -0.4 is 10.1 Å². The first-order valence-electron chi connectivity index (χ1n) is 10.6. The average molecular weight is 415 g/mol. The normalized spacial score (nSPS) is 10.9. The molecule has 0 saturated carbocycles. The molecule has 0 fully saturated rings. The molecular formula is C26H26N2O3. The highest BCUT2D eigenvalue weighted by Crippen LogP contribution is 2.27. The van der Waals surface area contributed by atoms with E-state index in [4.69, 9.17) is 9.15 Å². The third-order valence-corrected chi connectivity index (χ3v) is 5.26. The smallest absolute Gasteiger partial charge is 0.255 e. The molecule has 0 aliphatic rings. The highest BCUT2D eigenvalue weighted by Gasteiger charge is 2.12. The van der Waals surface area contributed by atoms with Crippen molar-refractivity contribution < 1.29 is 13.9 Å². The summed E-state index contributed by atoms with van der Waals surface area (Å²) in [5, 5.41) is 2.93. The monoisotopic (exact) mass is 414 g/mol. The third kappa shape index (κ3) is 4.77. The first-order valence-corrected chi connectivity index (χ1v) is 10.6. The number of hydrogen-bond acceptors (Lipinski definition) is 4. The fourth-order valence-electron chi connectivity index (χ4n) is 3.27. The van der Waals surface area contributed by atoms with Gasteiger partial charge in [0.25, 0.3) is 5.91 Å². The van der Waals surface area contributed by atoms with Gasteiger partial charge in [-0.15, -0.1) is 0 Å².